The second-order valence-electron chi connectivity index (χ2n) is 4.07. The van der Waals surface area contributed by atoms with Gasteiger partial charge in [-0.1, -0.05) is 6.92 Å². The predicted molar refractivity (Wildman–Crippen MR) is 56.3 cm³/mol. The topological polar surface area (TPSA) is 55.1 Å². The molecule has 78 valence electrons. The van der Waals surface area contributed by atoms with E-state index in [2.05, 4.69) is 18.2 Å². The fourth-order valence-corrected chi connectivity index (χ4v) is 1.44. The van der Waals surface area contributed by atoms with Gasteiger partial charge in [-0.25, -0.2) is 0 Å². The van der Waals surface area contributed by atoms with Crippen molar-refractivity contribution in [3.63, 3.8) is 0 Å². The lowest BCUT2D eigenvalue weighted by Gasteiger charge is -2.13. The fourth-order valence-electron chi connectivity index (χ4n) is 1.44. The Morgan fingerprint density at radius 1 is 1.71 bits per heavy atom. The Balaban J connectivity index is 2.16. The average molecular weight is 194 g/mol. The molecule has 14 heavy (non-hydrogen) atoms. The van der Waals surface area contributed by atoms with E-state index >= 15 is 0 Å². The number of nitrogens with two attached hydrogens (primary N) is 1. The first-order chi connectivity index (χ1) is 6.65. The van der Waals surface area contributed by atoms with Gasteiger partial charge in [0.25, 0.3) is 0 Å². The van der Waals surface area contributed by atoms with Gasteiger partial charge >= 0.3 is 0 Å². The highest BCUT2D eigenvalue weighted by Crippen LogP contribution is 2.35. The van der Waals surface area contributed by atoms with E-state index in [1.54, 1.807) is 0 Å². The molecule has 0 aromatic heterocycles. The van der Waals surface area contributed by atoms with Gasteiger partial charge in [-0.15, -0.1) is 12.3 Å². The first kappa shape index (κ1) is 11.1. The van der Waals surface area contributed by atoms with E-state index in [0.717, 1.165) is 12.5 Å². The largest absolute Gasteiger partial charge is 0.354 e. The van der Waals surface area contributed by atoms with Gasteiger partial charge in [0.2, 0.25) is 5.91 Å². The minimum Gasteiger partial charge on any atom is -0.354 e. The maximum atomic E-state index is 11.3. The molecule has 0 aromatic carbocycles. The normalized spacial score (nSPS) is 19.5. The van der Waals surface area contributed by atoms with Crippen molar-refractivity contribution in [3.05, 3.63) is 0 Å². The number of hydrogen-bond donors (Lipinski definition) is 2. The summed E-state index contributed by atoms with van der Waals surface area (Å²) in [5.74, 6) is 3.63. The lowest BCUT2D eigenvalue weighted by Crippen LogP contribution is -2.42. The van der Waals surface area contributed by atoms with Crippen LogP contribution in [0.2, 0.25) is 0 Å². The highest BCUT2D eigenvalue weighted by Gasteiger charge is 2.28. The lowest BCUT2D eigenvalue weighted by atomic mass is 10.1. The summed E-state index contributed by atoms with van der Waals surface area (Å²) in [4.78, 5) is 11.3. The third-order valence-electron chi connectivity index (χ3n) is 2.70. The molecule has 0 spiro atoms. The summed E-state index contributed by atoms with van der Waals surface area (Å²) in [7, 11) is 0. The molecule has 1 fully saturated rings. The Hall–Kier alpha value is -1.01. The van der Waals surface area contributed by atoms with E-state index in [0.29, 0.717) is 12.3 Å². The van der Waals surface area contributed by atoms with Crippen molar-refractivity contribution >= 4 is 5.91 Å². The van der Waals surface area contributed by atoms with Crippen LogP contribution >= 0.6 is 0 Å². The summed E-state index contributed by atoms with van der Waals surface area (Å²) in [6.45, 7) is 2.88. The van der Waals surface area contributed by atoms with Crippen LogP contribution in [0.25, 0.3) is 0 Å². The van der Waals surface area contributed by atoms with Crippen molar-refractivity contribution < 1.29 is 4.79 Å². The quantitative estimate of drug-likeness (QED) is 0.626. The third kappa shape index (κ3) is 3.39. The zero-order chi connectivity index (χ0) is 10.6. The van der Waals surface area contributed by atoms with Gasteiger partial charge in [0.05, 0.1) is 6.04 Å². The van der Waals surface area contributed by atoms with Crippen LogP contribution in [0, 0.1) is 24.2 Å². The van der Waals surface area contributed by atoms with E-state index in [-0.39, 0.29) is 5.91 Å². The zero-order valence-corrected chi connectivity index (χ0v) is 8.62. The smallest absolute Gasteiger partial charge is 0.237 e. The van der Waals surface area contributed by atoms with E-state index in [9.17, 15) is 4.79 Å². The minimum atomic E-state index is -0.550. The molecular weight excluding hydrogens is 176 g/mol. The molecule has 0 saturated heterocycles. The van der Waals surface area contributed by atoms with Gasteiger partial charge in [-0.3, -0.25) is 4.79 Å². The summed E-state index contributed by atoms with van der Waals surface area (Å²) in [5, 5.41) is 2.83. The second kappa shape index (κ2) is 5.02. The Morgan fingerprint density at radius 2 is 2.36 bits per heavy atom. The molecule has 2 atom stereocenters. The SMILES string of the molecule is C#CCC(N)C(=O)NCC(C)C1CC1. The number of carbonyl (C=O) groups excluding carboxylic acids is 1. The maximum absolute atomic E-state index is 11.3. The minimum absolute atomic E-state index is 0.129. The molecule has 1 saturated carbocycles. The molecule has 0 heterocycles. The van der Waals surface area contributed by atoms with E-state index in [4.69, 9.17) is 12.2 Å². The number of nitrogens with one attached hydrogen (secondary N) is 1. The molecule has 2 unspecified atom stereocenters. The highest BCUT2D eigenvalue weighted by molar-refractivity contribution is 5.81. The third-order valence-corrected chi connectivity index (χ3v) is 2.70. The Kier molecular flexibility index (Phi) is 3.97. The first-order valence-corrected chi connectivity index (χ1v) is 5.12. The van der Waals surface area contributed by atoms with Crippen LogP contribution in [0.4, 0.5) is 0 Å². The van der Waals surface area contributed by atoms with Crippen molar-refractivity contribution in [1.29, 1.82) is 0 Å². The summed E-state index contributed by atoms with van der Waals surface area (Å²) < 4.78 is 0. The Labute approximate surface area is 85.4 Å². The van der Waals surface area contributed by atoms with E-state index in [1.807, 2.05) is 0 Å². The summed E-state index contributed by atoms with van der Waals surface area (Å²) in [5.41, 5.74) is 5.55. The molecule has 1 rings (SSSR count). The monoisotopic (exact) mass is 194 g/mol. The van der Waals surface area contributed by atoms with Crippen LogP contribution in [0.1, 0.15) is 26.2 Å². The van der Waals surface area contributed by atoms with Crippen LogP contribution in [0.15, 0.2) is 0 Å². The number of hydrogen-bond acceptors (Lipinski definition) is 2. The summed E-state index contributed by atoms with van der Waals surface area (Å²) in [6.07, 6.45) is 7.98. The predicted octanol–water partition coefficient (Wildman–Crippen LogP) is 0.499. The number of amides is 1. The maximum Gasteiger partial charge on any atom is 0.237 e. The van der Waals surface area contributed by atoms with Crippen LogP contribution < -0.4 is 11.1 Å². The first-order valence-electron chi connectivity index (χ1n) is 5.12. The van der Waals surface area contributed by atoms with Crippen molar-refractivity contribution in [2.75, 3.05) is 6.54 Å². The molecule has 1 amide bonds. The van der Waals surface area contributed by atoms with Crippen molar-refractivity contribution in [1.82, 2.24) is 5.32 Å². The van der Waals surface area contributed by atoms with Crippen molar-refractivity contribution in [2.24, 2.45) is 17.6 Å². The van der Waals surface area contributed by atoms with E-state index < -0.39 is 6.04 Å². The Morgan fingerprint density at radius 3 is 2.86 bits per heavy atom. The van der Waals surface area contributed by atoms with Gasteiger partial charge in [0.15, 0.2) is 0 Å². The van der Waals surface area contributed by atoms with Crippen LogP contribution in [-0.2, 0) is 4.79 Å². The molecule has 0 aromatic rings. The zero-order valence-electron chi connectivity index (χ0n) is 8.62. The van der Waals surface area contributed by atoms with Gasteiger partial charge in [0.1, 0.15) is 0 Å². The lowest BCUT2D eigenvalue weighted by molar-refractivity contribution is -0.122. The molecule has 1 aliphatic rings. The molecule has 3 nitrogen and oxygen atoms in total. The van der Waals surface area contributed by atoms with Gasteiger partial charge in [-0.05, 0) is 24.7 Å². The summed E-state index contributed by atoms with van der Waals surface area (Å²) >= 11 is 0. The standard InChI is InChI=1S/C11H18N2O/c1-3-4-10(12)11(14)13-7-8(2)9-5-6-9/h1,8-10H,4-7,12H2,2H3,(H,13,14). The summed E-state index contributed by atoms with van der Waals surface area (Å²) in [6, 6.07) is -0.550. The molecule has 0 aliphatic heterocycles. The molecule has 0 radical (unpaired) electrons. The molecule has 3 heteroatoms. The number of rotatable bonds is 5. The molecule has 3 N–H and O–H groups in total. The van der Waals surface area contributed by atoms with E-state index in [1.165, 1.54) is 12.8 Å². The van der Waals surface area contributed by atoms with Gasteiger partial charge in [-0.2, -0.15) is 0 Å². The van der Waals surface area contributed by atoms with Crippen LogP contribution in [0.3, 0.4) is 0 Å². The molecule has 1 aliphatic carbocycles. The van der Waals surface area contributed by atoms with Crippen LogP contribution in [-0.4, -0.2) is 18.5 Å². The van der Waals surface area contributed by atoms with Crippen LogP contribution in [0.5, 0.6) is 0 Å². The molecular formula is C11H18N2O. The second-order valence-corrected chi connectivity index (χ2v) is 4.07. The average Bonchev–Trinajstić information content (AvgIpc) is 2.97. The fraction of sp³-hybridized carbons (Fsp3) is 0.727. The van der Waals surface area contributed by atoms with Crippen molar-refractivity contribution in [2.45, 2.75) is 32.2 Å². The number of carbonyl (C=O) groups is 1. The van der Waals surface area contributed by atoms with Crippen molar-refractivity contribution in [3.8, 4) is 12.3 Å². The Bertz CT molecular complexity index is 240. The van der Waals surface area contributed by atoms with Gasteiger partial charge < -0.3 is 11.1 Å². The number of terminal acetylenes is 1. The molecule has 0 bridgehead atoms. The highest BCUT2D eigenvalue weighted by atomic mass is 16.2. The van der Waals surface area contributed by atoms with Gasteiger partial charge in [0, 0.05) is 13.0 Å².